The van der Waals surface area contributed by atoms with Crippen molar-refractivity contribution in [1.82, 2.24) is 9.88 Å². The van der Waals surface area contributed by atoms with Crippen molar-refractivity contribution < 1.29 is 24.5 Å². The van der Waals surface area contributed by atoms with Crippen molar-refractivity contribution in [3.8, 4) is 0 Å². The lowest BCUT2D eigenvalue weighted by molar-refractivity contribution is -0.0390. The molecule has 0 saturated carbocycles. The van der Waals surface area contributed by atoms with E-state index in [9.17, 15) is 19.8 Å². The summed E-state index contributed by atoms with van der Waals surface area (Å²) in [5, 5.41) is 23.0. The number of carbonyl (C=O) groups excluding carboxylic acids is 1. The Morgan fingerprint density at radius 3 is 2.87 bits per heavy atom. The number of hydrogen-bond acceptors (Lipinski definition) is 6. The quantitative estimate of drug-likeness (QED) is 0.691. The number of nitrogens with one attached hydrogen (secondary N) is 1. The molecule has 3 aliphatic rings. The van der Waals surface area contributed by atoms with E-state index >= 15 is 0 Å². The fraction of sp³-hybridized carbons (Fsp3) is 0.667. The maximum absolute atomic E-state index is 12.1. The number of carbonyl (C=O) groups is 2. The molecule has 1 aromatic rings. The first-order chi connectivity index (χ1) is 14.3. The Labute approximate surface area is 176 Å². The average Bonchev–Trinajstić information content (AvgIpc) is 2.97. The summed E-state index contributed by atoms with van der Waals surface area (Å²) in [5.74, 6) is 0.996. The van der Waals surface area contributed by atoms with Crippen molar-refractivity contribution in [3.63, 3.8) is 0 Å². The van der Waals surface area contributed by atoms with Gasteiger partial charge in [-0.05, 0) is 57.1 Å². The van der Waals surface area contributed by atoms with Gasteiger partial charge in [-0.15, -0.1) is 0 Å². The van der Waals surface area contributed by atoms with E-state index in [0.717, 1.165) is 43.6 Å². The van der Waals surface area contributed by atoms with Crippen LogP contribution in [0.15, 0.2) is 12.3 Å². The number of anilines is 2. The van der Waals surface area contributed by atoms with E-state index in [0.29, 0.717) is 25.1 Å². The smallest absolute Gasteiger partial charge is 0.411 e. The zero-order valence-electron chi connectivity index (χ0n) is 17.5. The van der Waals surface area contributed by atoms with Crippen LogP contribution in [-0.4, -0.2) is 70.2 Å². The number of fused-ring (bicyclic) bond motifs is 2. The number of aliphatic hydroxyl groups excluding tert-OH is 1. The summed E-state index contributed by atoms with van der Waals surface area (Å²) < 4.78 is 4.63. The van der Waals surface area contributed by atoms with Crippen molar-refractivity contribution in [3.05, 3.63) is 17.8 Å². The summed E-state index contributed by atoms with van der Waals surface area (Å²) in [5.41, 5.74) is 1.01. The van der Waals surface area contributed by atoms with E-state index in [4.69, 9.17) is 0 Å². The Balaban J connectivity index is 1.56. The molecule has 2 amide bonds. The minimum absolute atomic E-state index is 0.0785. The molecule has 4 heterocycles. The summed E-state index contributed by atoms with van der Waals surface area (Å²) in [6, 6.07) is 1.78. The molecule has 3 aliphatic heterocycles. The molecule has 2 bridgehead atoms. The standard InChI is InChI=1S/C21H30N4O5/c1-13-8-15(23-19(27)30-2)11-22-18(13)24-7-3-4-14(12-24)21-6-5-16(9-17(26)10-21)25(21)20(28)29/h8,11,14,16-17,26H,3-7,9-10,12H2,1-2H3,(H,23,27)(H,28,29). The van der Waals surface area contributed by atoms with Crippen LogP contribution >= 0.6 is 0 Å². The predicted molar refractivity (Wildman–Crippen MR) is 111 cm³/mol. The van der Waals surface area contributed by atoms with Gasteiger partial charge in [0.05, 0.1) is 30.6 Å². The zero-order chi connectivity index (χ0) is 21.5. The van der Waals surface area contributed by atoms with Crippen LogP contribution in [0, 0.1) is 12.8 Å². The van der Waals surface area contributed by atoms with Gasteiger partial charge < -0.3 is 19.8 Å². The van der Waals surface area contributed by atoms with Gasteiger partial charge >= 0.3 is 12.2 Å². The van der Waals surface area contributed by atoms with Gasteiger partial charge in [-0.2, -0.15) is 0 Å². The third kappa shape index (κ3) is 3.55. The molecule has 4 rings (SSSR count). The summed E-state index contributed by atoms with van der Waals surface area (Å²) in [6.07, 6.45) is 4.36. The second-order valence-corrected chi connectivity index (χ2v) is 8.81. The van der Waals surface area contributed by atoms with E-state index in [1.165, 1.54) is 7.11 Å². The minimum Gasteiger partial charge on any atom is -0.465 e. The highest BCUT2D eigenvalue weighted by Gasteiger charge is 2.57. The Hall–Kier alpha value is -2.55. The second-order valence-electron chi connectivity index (χ2n) is 8.81. The van der Waals surface area contributed by atoms with Crippen molar-refractivity contribution >= 4 is 23.7 Å². The lowest BCUT2D eigenvalue weighted by Gasteiger charge is -2.52. The molecule has 4 unspecified atom stereocenters. The first-order valence-electron chi connectivity index (χ1n) is 10.6. The Morgan fingerprint density at radius 1 is 1.37 bits per heavy atom. The number of aliphatic hydroxyl groups is 1. The predicted octanol–water partition coefficient (Wildman–Crippen LogP) is 2.82. The number of aromatic nitrogens is 1. The molecule has 30 heavy (non-hydrogen) atoms. The molecule has 9 heteroatoms. The van der Waals surface area contributed by atoms with E-state index in [1.807, 2.05) is 13.0 Å². The van der Waals surface area contributed by atoms with Crippen LogP contribution in [0.1, 0.15) is 44.1 Å². The molecule has 0 aliphatic carbocycles. The maximum atomic E-state index is 12.1. The molecule has 4 atom stereocenters. The number of nitrogens with zero attached hydrogens (tertiary/aromatic N) is 3. The van der Waals surface area contributed by atoms with Crippen LogP contribution in [-0.2, 0) is 4.74 Å². The minimum atomic E-state index is -0.867. The molecular weight excluding hydrogens is 388 g/mol. The van der Waals surface area contributed by atoms with Crippen LogP contribution in [0.4, 0.5) is 21.1 Å². The first-order valence-corrected chi connectivity index (χ1v) is 10.6. The Bertz CT molecular complexity index is 834. The number of aryl methyl sites for hydroxylation is 1. The second kappa shape index (κ2) is 7.94. The number of hydrogen-bond donors (Lipinski definition) is 3. The van der Waals surface area contributed by atoms with Gasteiger partial charge in [0, 0.05) is 25.0 Å². The summed E-state index contributed by atoms with van der Waals surface area (Å²) >= 11 is 0. The fourth-order valence-corrected chi connectivity index (χ4v) is 5.92. The van der Waals surface area contributed by atoms with Crippen LogP contribution in [0.3, 0.4) is 0 Å². The number of carboxylic acid groups (broad SMARTS) is 1. The highest BCUT2D eigenvalue weighted by atomic mass is 16.5. The number of pyridine rings is 1. The lowest BCUT2D eigenvalue weighted by atomic mass is 9.72. The molecule has 0 spiro atoms. The maximum Gasteiger partial charge on any atom is 0.411 e. The third-order valence-electron chi connectivity index (χ3n) is 7.06. The van der Waals surface area contributed by atoms with E-state index in [1.54, 1.807) is 11.1 Å². The topological polar surface area (TPSA) is 115 Å². The van der Waals surface area contributed by atoms with Crippen LogP contribution in [0.2, 0.25) is 0 Å². The number of rotatable bonds is 3. The molecule has 1 aromatic heterocycles. The van der Waals surface area contributed by atoms with Crippen LogP contribution in [0.25, 0.3) is 0 Å². The van der Waals surface area contributed by atoms with Gasteiger partial charge in [0.25, 0.3) is 0 Å². The third-order valence-corrected chi connectivity index (χ3v) is 7.06. The SMILES string of the molecule is COC(=O)Nc1cnc(N2CCCC(C34CCC(CC(O)C3)N4C(=O)O)C2)c(C)c1. The van der Waals surface area contributed by atoms with Crippen molar-refractivity contribution in [2.24, 2.45) is 5.92 Å². The molecule has 0 radical (unpaired) electrons. The van der Waals surface area contributed by atoms with E-state index in [2.05, 4.69) is 19.9 Å². The fourth-order valence-electron chi connectivity index (χ4n) is 5.92. The highest BCUT2D eigenvalue weighted by Crippen LogP contribution is 2.50. The molecule has 3 fully saturated rings. The summed E-state index contributed by atoms with van der Waals surface area (Å²) in [6.45, 7) is 3.51. The molecule has 164 valence electrons. The van der Waals surface area contributed by atoms with Gasteiger partial charge in [0.15, 0.2) is 0 Å². The van der Waals surface area contributed by atoms with Gasteiger partial charge in [-0.25, -0.2) is 14.6 Å². The molecule has 0 aromatic carbocycles. The zero-order valence-corrected chi connectivity index (χ0v) is 17.5. The van der Waals surface area contributed by atoms with Crippen molar-refractivity contribution in [1.29, 1.82) is 0 Å². The number of ether oxygens (including phenoxy) is 1. The summed E-state index contributed by atoms with van der Waals surface area (Å²) in [4.78, 5) is 32.0. The molecule has 3 N–H and O–H groups in total. The van der Waals surface area contributed by atoms with Gasteiger partial charge in [0.1, 0.15) is 5.82 Å². The average molecular weight is 418 g/mol. The number of methoxy groups -OCH3 is 1. The Kier molecular flexibility index (Phi) is 5.48. The highest BCUT2D eigenvalue weighted by molar-refractivity contribution is 5.84. The lowest BCUT2D eigenvalue weighted by Crippen LogP contribution is -2.62. The van der Waals surface area contributed by atoms with Crippen LogP contribution in [0.5, 0.6) is 0 Å². The van der Waals surface area contributed by atoms with Crippen LogP contribution < -0.4 is 10.2 Å². The van der Waals surface area contributed by atoms with E-state index < -0.39 is 23.8 Å². The molecule has 3 saturated heterocycles. The normalized spacial score (nSPS) is 30.8. The number of amides is 2. The van der Waals surface area contributed by atoms with Gasteiger partial charge in [-0.3, -0.25) is 10.2 Å². The van der Waals surface area contributed by atoms with Gasteiger partial charge in [-0.1, -0.05) is 0 Å². The van der Waals surface area contributed by atoms with Crippen molar-refractivity contribution in [2.45, 2.75) is 63.1 Å². The molecule has 9 nitrogen and oxygen atoms in total. The van der Waals surface area contributed by atoms with Crippen molar-refractivity contribution in [2.75, 3.05) is 30.4 Å². The monoisotopic (exact) mass is 418 g/mol. The largest absolute Gasteiger partial charge is 0.465 e. The van der Waals surface area contributed by atoms with Gasteiger partial charge in [0.2, 0.25) is 0 Å². The molecular formula is C21H30N4O5. The summed E-state index contributed by atoms with van der Waals surface area (Å²) in [7, 11) is 1.31. The number of piperidine rings is 2. The first kappa shape index (κ1) is 20.7. The Morgan fingerprint density at radius 2 is 2.17 bits per heavy atom. The van der Waals surface area contributed by atoms with E-state index in [-0.39, 0.29) is 12.0 Å².